The number of hydrogen-bond acceptors (Lipinski definition) is 6. The number of Topliss-reactive ketones (excluding diaryl/α,β-unsaturated/α-hetero) is 1. The fraction of sp³-hybridized carbons (Fsp3) is 0.294. The molecule has 0 spiro atoms. The second-order valence-electron chi connectivity index (χ2n) is 5.74. The summed E-state index contributed by atoms with van der Waals surface area (Å²) in [6.07, 6.45) is 1.72. The van der Waals surface area contributed by atoms with Crippen LogP contribution in [-0.2, 0) is 14.8 Å². The smallest absolute Gasteiger partial charge is 0.348 e. The van der Waals surface area contributed by atoms with Crippen LogP contribution in [0.1, 0.15) is 32.9 Å². The maximum atomic E-state index is 12.5. The van der Waals surface area contributed by atoms with Crippen molar-refractivity contribution in [2.45, 2.75) is 17.7 Å². The Kier molecular flexibility index (Phi) is 5.76. The van der Waals surface area contributed by atoms with E-state index in [0.717, 1.165) is 24.2 Å². The Morgan fingerprint density at radius 3 is 2.31 bits per heavy atom. The SMILES string of the molecule is O=C(COC(=O)c1ccc(Cl)s1)c1ccc(S(=O)(=O)N2CCCC2)cc1. The van der Waals surface area contributed by atoms with E-state index in [4.69, 9.17) is 16.3 Å². The summed E-state index contributed by atoms with van der Waals surface area (Å²) >= 11 is 6.82. The zero-order valence-electron chi connectivity index (χ0n) is 13.7. The first-order chi connectivity index (χ1) is 12.4. The third kappa shape index (κ3) is 4.15. The molecule has 0 atom stereocenters. The van der Waals surface area contributed by atoms with E-state index in [2.05, 4.69) is 0 Å². The Bertz CT molecular complexity index is 915. The molecule has 0 radical (unpaired) electrons. The van der Waals surface area contributed by atoms with E-state index in [0.29, 0.717) is 22.3 Å². The number of sulfonamides is 1. The largest absolute Gasteiger partial charge is 0.453 e. The molecule has 0 N–H and O–H groups in total. The lowest BCUT2D eigenvalue weighted by molar-refractivity contribution is 0.0479. The van der Waals surface area contributed by atoms with Crippen LogP contribution in [0, 0.1) is 0 Å². The number of carbonyl (C=O) groups is 2. The van der Waals surface area contributed by atoms with Gasteiger partial charge in [-0.15, -0.1) is 11.3 Å². The maximum absolute atomic E-state index is 12.5. The average Bonchev–Trinajstić information content (AvgIpc) is 3.31. The van der Waals surface area contributed by atoms with E-state index >= 15 is 0 Å². The van der Waals surface area contributed by atoms with Gasteiger partial charge in [0.05, 0.1) is 9.23 Å². The second kappa shape index (κ2) is 7.87. The molecule has 138 valence electrons. The second-order valence-corrected chi connectivity index (χ2v) is 9.39. The van der Waals surface area contributed by atoms with Crippen molar-refractivity contribution < 1.29 is 22.7 Å². The average molecular weight is 414 g/mol. The lowest BCUT2D eigenvalue weighted by Gasteiger charge is -2.15. The first kappa shape index (κ1) is 19.0. The van der Waals surface area contributed by atoms with E-state index in [1.54, 1.807) is 6.07 Å². The number of ketones is 1. The van der Waals surface area contributed by atoms with Gasteiger partial charge in [-0.25, -0.2) is 13.2 Å². The van der Waals surface area contributed by atoms with Gasteiger partial charge in [-0.3, -0.25) is 4.79 Å². The van der Waals surface area contributed by atoms with E-state index < -0.39 is 28.4 Å². The highest BCUT2D eigenvalue weighted by Gasteiger charge is 2.27. The standard InChI is InChI=1S/C17H16ClNO5S2/c18-16-8-7-15(25-16)17(21)24-11-14(20)12-3-5-13(6-4-12)26(22,23)19-9-1-2-10-19/h3-8H,1-2,9-11H2. The lowest BCUT2D eigenvalue weighted by Crippen LogP contribution is -2.27. The molecule has 1 aromatic carbocycles. The number of rotatable bonds is 6. The molecule has 2 heterocycles. The molecule has 0 saturated carbocycles. The molecule has 26 heavy (non-hydrogen) atoms. The summed E-state index contributed by atoms with van der Waals surface area (Å²) in [7, 11) is -3.52. The van der Waals surface area contributed by atoms with Crippen LogP contribution in [-0.4, -0.2) is 44.2 Å². The molecule has 0 bridgehead atoms. The first-order valence-electron chi connectivity index (χ1n) is 7.94. The van der Waals surface area contributed by atoms with Crippen LogP contribution in [0.5, 0.6) is 0 Å². The number of esters is 1. The highest BCUT2D eigenvalue weighted by molar-refractivity contribution is 7.89. The number of hydrogen-bond donors (Lipinski definition) is 0. The van der Waals surface area contributed by atoms with Crippen LogP contribution in [0.4, 0.5) is 0 Å². The Morgan fingerprint density at radius 1 is 1.08 bits per heavy atom. The maximum Gasteiger partial charge on any atom is 0.348 e. The van der Waals surface area contributed by atoms with Crippen LogP contribution in [0.2, 0.25) is 4.34 Å². The van der Waals surface area contributed by atoms with Gasteiger partial charge in [-0.2, -0.15) is 4.31 Å². The molecule has 1 aliphatic rings. The van der Waals surface area contributed by atoms with E-state index in [1.165, 1.54) is 34.6 Å². The van der Waals surface area contributed by atoms with E-state index in [1.807, 2.05) is 0 Å². The van der Waals surface area contributed by atoms with Crippen LogP contribution in [0.25, 0.3) is 0 Å². The van der Waals surface area contributed by atoms with E-state index in [-0.39, 0.29) is 10.5 Å². The fourth-order valence-corrected chi connectivity index (χ4v) is 5.05. The van der Waals surface area contributed by atoms with Gasteiger partial charge in [0.15, 0.2) is 12.4 Å². The van der Waals surface area contributed by atoms with Crippen molar-refractivity contribution in [3.05, 3.63) is 51.2 Å². The lowest BCUT2D eigenvalue weighted by atomic mass is 10.1. The summed E-state index contributed by atoms with van der Waals surface area (Å²) in [6.45, 7) is 0.615. The number of thiophene rings is 1. The third-order valence-corrected chi connectivity index (χ3v) is 7.11. The topological polar surface area (TPSA) is 80.8 Å². The molecule has 0 unspecified atom stereocenters. The zero-order valence-corrected chi connectivity index (χ0v) is 16.1. The van der Waals surface area contributed by atoms with Crippen molar-refractivity contribution >= 4 is 44.7 Å². The van der Waals surface area contributed by atoms with Crippen molar-refractivity contribution in [1.29, 1.82) is 0 Å². The van der Waals surface area contributed by atoms with Crippen molar-refractivity contribution in [3.8, 4) is 0 Å². The minimum Gasteiger partial charge on any atom is -0.453 e. The molecular weight excluding hydrogens is 398 g/mol. The molecule has 1 aromatic heterocycles. The summed E-state index contributed by atoms with van der Waals surface area (Å²) in [4.78, 5) is 24.4. The Hall–Kier alpha value is -1.74. The highest BCUT2D eigenvalue weighted by Crippen LogP contribution is 2.23. The third-order valence-electron chi connectivity index (χ3n) is 3.99. The van der Waals surface area contributed by atoms with Crippen LogP contribution in [0.3, 0.4) is 0 Å². The summed E-state index contributed by atoms with van der Waals surface area (Å²) in [5.74, 6) is -1.03. The molecule has 1 saturated heterocycles. The number of ether oxygens (including phenoxy) is 1. The fourth-order valence-electron chi connectivity index (χ4n) is 2.60. The quantitative estimate of drug-likeness (QED) is 0.536. The van der Waals surface area contributed by atoms with Gasteiger partial charge in [0.2, 0.25) is 10.0 Å². The van der Waals surface area contributed by atoms with Crippen LogP contribution < -0.4 is 0 Å². The molecule has 9 heteroatoms. The minimum atomic E-state index is -3.52. The van der Waals surface area contributed by atoms with Gasteiger partial charge in [0, 0.05) is 18.7 Å². The monoisotopic (exact) mass is 413 g/mol. The molecular formula is C17H16ClNO5S2. The van der Waals surface area contributed by atoms with Gasteiger partial charge in [0.1, 0.15) is 4.88 Å². The Labute approximate surface area is 160 Å². The Balaban J connectivity index is 1.62. The van der Waals surface area contributed by atoms with Gasteiger partial charge in [-0.05, 0) is 49.2 Å². The predicted octanol–water partition coefficient (Wildman–Crippen LogP) is 3.23. The molecule has 1 aliphatic heterocycles. The summed E-state index contributed by atoms with van der Waals surface area (Å²) in [6, 6.07) is 8.77. The van der Waals surface area contributed by atoms with Gasteiger partial charge < -0.3 is 4.74 Å². The number of nitrogens with zero attached hydrogens (tertiary/aromatic N) is 1. The number of benzene rings is 1. The van der Waals surface area contributed by atoms with Gasteiger partial charge in [-0.1, -0.05) is 11.6 Å². The molecule has 2 aromatic rings. The van der Waals surface area contributed by atoms with Gasteiger partial charge >= 0.3 is 5.97 Å². The minimum absolute atomic E-state index is 0.154. The number of halogens is 1. The molecule has 0 aliphatic carbocycles. The number of carbonyl (C=O) groups excluding carboxylic acids is 2. The highest BCUT2D eigenvalue weighted by atomic mass is 35.5. The van der Waals surface area contributed by atoms with Crippen LogP contribution in [0.15, 0.2) is 41.3 Å². The summed E-state index contributed by atoms with van der Waals surface area (Å²) < 4.78 is 31.8. The van der Waals surface area contributed by atoms with Gasteiger partial charge in [0.25, 0.3) is 0 Å². The molecule has 3 rings (SSSR count). The Morgan fingerprint density at radius 2 is 1.73 bits per heavy atom. The zero-order chi connectivity index (χ0) is 18.7. The van der Waals surface area contributed by atoms with Crippen molar-refractivity contribution in [2.24, 2.45) is 0 Å². The first-order valence-corrected chi connectivity index (χ1v) is 10.6. The van der Waals surface area contributed by atoms with Crippen molar-refractivity contribution in [3.63, 3.8) is 0 Å². The predicted molar refractivity (Wildman–Crippen MR) is 98.4 cm³/mol. The summed E-state index contributed by atoms with van der Waals surface area (Å²) in [5, 5.41) is 0. The molecule has 6 nitrogen and oxygen atoms in total. The van der Waals surface area contributed by atoms with Crippen LogP contribution >= 0.6 is 22.9 Å². The van der Waals surface area contributed by atoms with Crippen molar-refractivity contribution in [2.75, 3.05) is 19.7 Å². The summed E-state index contributed by atoms with van der Waals surface area (Å²) in [5.41, 5.74) is 0.280. The molecule has 0 amide bonds. The molecule has 1 fully saturated rings. The van der Waals surface area contributed by atoms with Crippen molar-refractivity contribution in [1.82, 2.24) is 4.31 Å². The van der Waals surface area contributed by atoms with E-state index in [9.17, 15) is 18.0 Å². The normalized spacial score (nSPS) is 15.1.